The summed E-state index contributed by atoms with van der Waals surface area (Å²) in [5, 5.41) is 0.355. The Morgan fingerprint density at radius 2 is 1.94 bits per heavy atom. The van der Waals surface area contributed by atoms with Crippen molar-refractivity contribution in [3.8, 4) is 5.75 Å². The molecular formula is C13H11ClFNO. The fourth-order valence-electron chi connectivity index (χ4n) is 1.43. The second-order valence-corrected chi connectivity index (χ2v) is 3.97. The van der Waals surface area contributed by atoms with Gasteiger partial charge in [-0.3, -0.25) is 0 Å². The average molecular weight is 252 g/mol. The normalized spacial score (nSPS) is 10.2. The summed E-state index contributed by atoms with van der Waals surface area (Å²) in [4.78, 5) is 0. The summed E-state index contributed by atoms with van der Waals surface area (Å²) < 4.78 is 18.9. The molecular weight excluding hydrogens is 241 g/mol. The monoisotopic (exact) mass is 251 g/mol. The fourth-order valence-corrected chi connectivity index (χ4v) is 1.65. The van der Waals surface area contributed by atoms with Gasteiger partial charge >= 0.3 is 0 Å². The van der Waals surface area contributed by atoms with Crippen molar-refractivity contribution in [3.05, 3.63) is 58.9 Å². The molecule has 0 atom stereocenters. The van der Waals surface area contributed by atoms with E-state index in [1.807, 2.05) is 0 Å². The summed E-state index contributed by atoms with van der Waals surface area (Å²) in [7, 11) is 0. The second kappa shape index (κ2) is 5.06. The smallest absolute Gasteiger partial charge is 0.131 e. The lowest BCUT2D eigenvalue weighted by Gasteiger charge is -2.09. The zero-order chi connectivity index (χ0) is 12.3. The van der Waals surface area contributed by atoms with Gasteiger partial charge < -0.3 is 10.5 Å². The molecule has 0 unspecified atom stereocenters. The summed E-state index contributed by atoms with van der Waals surface area (Å²) >= 11 is 5.88. The summed E-state index contributed by atoms with van der Waals surface area (Å²) in [5.41, 5.74) is 6.55. The lowest BCUT2D eigenvalue weighted by atomic mass is 10.2. The molecule has 88 valence electrons. The Morgan fingerprint density at radius 3 is 2.65 bits per heavy atom. The minimum Gasteiger partial charge on any atom is -0.489 e. The molecule has 0 saturated carbocycles. The topological polar surface area (TPSA) is 35.2 Å². The van der Waals surface area contributed by atoms with Gasteiger partial charge in [-0.15, -0.1) is 0 Å². The minimum absolute atomic E-state index is 0.0783. The van der Waals surface area contributed by atoms with E-state index in [9.17, 15) is 4.39 Å². The summed E-state index contributed by atoms with van der Waals surface area (Å²) in [6, 6.07) is 11.5. The van der Waals surface area contributed by atoms with Crippen LogP contribution in [0.5, 0.6) is 5.75 Å². The first-order chi connectivity index (χ1) is 8.16. The molecule has 0 amide bonds. The van der Waals surface area contributed by atoms with E-state index in [4.69, 9.17) is 22.1 Å². The van der Waals surface area contributed by atoms with Gasteiger partial charge in [0.2, 0.25) is 0 Å². The third-order valence-electron chi connectivity index (χ3n) is 2.30. The van der Waals surface area contributed by atoms with Gasteiger partial charge in [-0.25, -0.2) is 4.39 Å². The van der Waals surface area contributed by atoms with E-state index in [1.165, 1.54) is 6.07 Å². The van der Waals surface area contributed by atoms with Crippen molar-refractivity contribution in [1.29, 1.82) is 0 Å². The van der Waals surface area contributed by atoms with Crippen LogP contribution in [-0.2, 0) is 6.61 Å². The van der Waals surface area contributed by atoms with Gasteiger partial charge in [0.25, 0.3) is 0 Å². The van der Waals surface area contributed by atoms with E-state index in [0.29, 0.717) is 22.0 Å². The molecule has 17 heavy (non-hydrogen) atoms. The van der Waals surface area contributed by atoms with Crippen LogP contribution in [0.1, 0.15) is 5.56 Å². The Kier molecular flexibility index (Phi) is 3.49. The van der Waals surface area contributed by atoms with E-state index >= 15 is 0 Å². The molecule has 0 radical (unpaired) electrons. The zero-order valence-corrected chi connectivity index (χ0v) is 9.75. The van der Waals surface area contributed by atoms with Crippen molar-refractivity contribution < 1.29 is 9.13 Å². The van der Waals surface area contributed by atoms with Crippen LogP contribution in [0, 0.1) is 5.82 Å². The third-order valence-corrected chi connectivity index (χ3v) is 2.66. The second-order valence-electron chi connectivity index (χ2n) is 3.56. The van der Waals surface area contributed by atoms with Crippen LogP contribution in [0.3, 0.4) is 0 Å². The summed E-state index contributed by atoms with van der Waals surface area (Å²) in [5.74, 6) is 0.214. The van der Waals surface area contributed by atoms with Gasteiger partial charge in [0, 0.05) is 17.3 Å². The fraction of sp³-hybridized carbons (Fsp3) is 0.0769. The van der Waals surface area contributed by atoms with Gasteiger partial charge in [-0.05, 0) is 24.3 Å². The minimum atomic E-state index is -0.374. The van der Waals surface area contributed by atoms with Crippen LogP contribution in [0.2, 0.25) is 5.02 Å². The lowest BCUT2D eigenvalue weighted by molar-refractivity contribution is 0.300. The quantitative estimate of drug-likeness (QED) is 0.846. The first-order valence-electron chi connectivity index (χ1n) is 5.08. The number of anilines is 1. The lowest BCUT2D eigenvalue weighted by Crippen LogP contribution is -1.99. The highest BCUT2D eigenvalue weighted by Crippen LogP contribution is 2.22. The van der Waals surface area contributed by atoms with Crippen LogP contribution < -0.4 is 10.5 Å². The molecule has 0 bridgehead atoms. The Bertz CT molecular complexity index is 510. The molecule has 2 N–H and O–H groups in total. The standard InChI is InChI=1S/C13H11ClFNO/c14-12-5-2-6-13(15)11(12)8-17-10-4-1-3-9(16)7-10/h1-7H,8,16H2. The van der Waals surface area contributed by atoms with Crippen LogP contribution >= 0.6 is 11.6 Å². The highest BCUT2D eigenvalue weighted by Gasteiger charge is 2.07. The van der Waals surface area contributed by atoms with Crippen molar-refractivity contribution in [2.45, 2.75) is 6.61 Å². The van der Waals surface area contributed by atoms with Crippen molar-refractivity contribution in [1.82, 2.24) is 0 Å². The average Bonchev–Trinajstić information content (AvgIpc) is 2.28. The van der Waals surface area contributed by atoms with E-state index < -0.39 is 0 Å². The molecule has 2 rings (SSSR count). The van der Waals surface area contributed by atoms with E-state index in [2.05, 4.69) is 0 Å². The van der Waals surface area contributed by atoms with E-state index in [-0.39, 0.29) is 12.4 Å². The molecule has 2 aromatic rings. The highest BCUT2D eigenvalue weighted by atomic mass is 35.5. The Balaban J connectivity index is 2.13. The maximum Gasteiger partial charge on any atom is 0.131 e. The van der Waals surface area contributed by atoms with Gasteiger partial charge in [0.15, 0.2) is 0 Å². The van der Waals surface area contributed by atoms with Crippen LogP contribution in [0.25, 0.3) is 0 Å². The maximum atomic E-state index is 13.4. The molecule has 2 nitrogen and oxygen atoms in total. The molecule has 0 aliphatic carbocycles. The number of ether oxygens (including phenoxy) is 1. The Hall–Kier alpha value is -1.74. The van der Waals surface area contributed by atoms with Gasteiger partial charge in [-0.1, -0.05) is 23.7 Å². The summed E-state index contributed by atoms with van der Waals surface area (Å²) in [6.45, 7) is 0.0783. The number of nitrogens with two attached hydrogens (primary N) is 1. The molecule has 2 aromatic carbocycles. The highest BCUT2D eigenvalue weighted by molar-refractivity contribution is 6.31. The molecule has 0 aliphatic heterocycles. The number of hydrogen-bond acceptors (Lipinski definition) is 2. The largest absolute Gasteiger partial charge is 0.489 e. The van der Waals surface area contributed by atoms with Crippen molar-refractivity contribution in [3.63, 3.8) is 0 Å². The molecule has 0 aromatic heterocycles. The van der Waals surface area contributed by atoms with E-state index in [1.54, 1.807) is 36.4 Å². The van der Waals surface area contributed by atoms with Crippen molar-refractivity contribution in [2.75, 3.05) is 5.73 Å². The number of nitrogen functional groups attached to an aromatic ring is 1. The van der Waals surface area contributed by atoms with Crippen molar-refractivity contribution >= 4 is 17.3 Å². The van der Waals surface area contributed by atoms with E-state index in [0.717, 1.165) is 0 Å². The predicted octanol–water partition coefficient (Wildman–Crippen LogP) is 3.64. The molecule has 0 aliphatic rings. The van der Waals surface area contributed by atoms with Crippen molar-refractivity contribution in [2.24, 2.45) is 0 Å². The first kappa shape index (κ1) is 11.7. The van der Waals surface area contributed by atoms with Crippen LogP contribution in [-0.4, -0.2) is 0 Å². The van der Waals surface area contributed by atoms with Gasteiger partial charge in [0.05, 0.1) is 5.02 Å². The zero-order valence-electron chi connectivity index (χ0n) is 8.99. The van der Waals surface area contributed by atoms with Gasteiger partial charge in [0.1, 0.15) is 18.2 Å². The molecule has 4 heteroatoms. The van der Waals surface area contributed by atoms with Gasteiger partial charge in [-0.2, -0.15) is 0 Å². The molecule has 0 saturated heterocycles. The SMILES string of the molecule is Nc1cccc(OCc2c(F)cccc2Cl)c1. The predicted molar refractivity (Wildman–Crippen MR) is 66.6 cm³/mol. The molecule has 0 spiro atoms. The summed E-state index contributed by atoms with van der Waals surface area (Å²) in [6.07, 6.45) is 0. The molecule has 0 heterocycles. The first-order valence-corrected chi connectivity index (χ1v) is 5.46. The Morgan fingerprint density at radius 1 is 1.18 bits per heavy atom. The van der Waals surface area contributed by atoms with Crippen LogP contribution in [0.4, 0.5) is 10.1 Å². The van der Waals surface area contributed by atoms with Crippen LogP contribution in [0.15, 0.2) is 42.5 Å². The number of hydrogen-bond donors (Lipinski definition) is 1. The number of rotatable bonds is 3. The maximum absolute atomic E-state index is 13.4. The molecule has 0 fully saturated rings. The third kappa shape index (κ3) is 2.88. The number of benzene rings is 2. The number of halogens is 2. The Labute approximate surface area is 104 Å².